The van der Waals surface area contributed by atoms with Crippen LogP contribution < -0.4 is 9.47 Å². The molecule has 29 heavy (non-hydrogen) atoms. The van der Waals surface area contributed by atoms with Crippen LogP contribution in [-0.4, -0.2) is 23.7 Å². The summed E-state index contributed by atoms with van der Waals surface area (Å²) < 4.78 is 21.1. The highest BCUT2D eigenvalue weighted by Gasteiger charge is 2.13. The summed E-state index contributed by atoms with van der Waals surface area (Å²) in [4.78, 5) is 24.2. The van der Waals surface area contributed by atoms with Crippen molar-refractivity contribution in [3.8, 4) is 11.5 Å². The van der Waals surface area contributed by atoms with Crippen LogP contribution in [0.25, 0.3) is 0 Å². The van der Waals surface area contributed by atoms with Crippen molar-refractivity contribution >= 4 is 11.9 Å². The van der Waals surface area contributed by atoms with E-state index in [9.17, 15) is 9.59 Å². The summed E-state index contributed by atoms with van der Waals surface area (Å²) in [5, 5.41) is 3.89. The van der Waals surface area contributed by atoms with Crippen LogP contribution in [0.1, 0.15) is 44.7 Å². The Labute approximate surface area is 168 Å². The molecule has 0 saturated heterocycles. The SMILES string of the molecule is CCOC(=O)c1cccc(OC(=O)c2ccc(OCc3c(C)noc3C)cc2)c1. The van der Waals surface area contributed by atoms with E-state index in [1.54, 1.807) is 49.4 Å². The molecule has 7 nitrogen and oxygen atoms in total. The number of nitrogens with zero attached hydrogens (tertiary/aromatic N) is 1. The number of aromatic nitrogens is 1. The van der Waals surface area contributed by atoms with E-state index in [1.807, 2.05) is 13.8 Å². The van der Waals surface area contributed by atoms with Crippen molar-refractivity contribution in [2.45, 2.75) is 27.4 Å². The fourth-order valence-corrected chi connectivity index (χ4v) is 2.62. The lowest BCUT2D eigenvalue weighted by atomic mass is 10.2. The predicted octanol–water partition coefficient (Wildman–Crippen LogP) is 4.27. The van der Waals surface area contributed by atoms with Crippen LogP contribution in [0.3, 0.4) is 0 Å². The van der Waals surface area contributed by atoms with Gasteiger partial charge in [-0.15, -0.1) is 0 Å². The molecule has 3 rings (SSSR count). The van der Waals surface area contributed by atoms with Crippen molar-refractivity contribution < 1.29 is 28.3 Å². The molecule has 0 fully saturated rings. The zero-order valence-electron chi connectivity index (χ0n) is 16.4. The molecule has 1 heterocycles. The van der Waals surface area contributed by atoms with Gasteiger partial charge in [0.1, 0.15) is 23.9 Å². The van der Waals surface area contributed by atoms with Crippen molar-refractivity contribution in [3.05, 3.63) is 76.7 Å². The zero-order chi connectivity index (χ0) is 20.8. The molecular formula is C22H21NO6. The van der Waals surface area contributed by atoms with Crippen molar-refractivity contribution in [2.24, 2.45) is 0 Å². The van der Waals surface area contributed by atoms with Crippen LogP contribution in [0.15, 0.2) is 53.1 Å². The molecule has 0 unspecified atom stereocenters. The van der Waals surface area contributed by atoms with Crippen LogP contribution in [-0.2, 0) is 11.3 Å². The maximum absolute atomic E-state index is 12.4. The van der Waals surface area contributed by atoms with Gasteiger partial charge in [0, 0.05) is 0 Å². The molecule has 0 amide bonds. The van der Waals surface area contributed by atoms with Gasteiger partial charge in [-0.25, -0.2) is 9.59 Å². The molecule has 7 heteroatoms. The molecule has 0 aliphatic heterocycles. The number of carbonyl (C=O) groups is 2. The highest BCUT2D eigenvalue weighted by atomic mass is 16.5. The van der Waals surface area contributed by atoms with E-state index < -0.39 is 11.9 Å². The van der Waals surface area contributed by atoms with Crippen LogP contribution in [0.5, 0.6) is 11.5 Å². The number of benzene rings is 2. The molecule has 0 bridgehead atoms. The number of aryl methyl sites for hydroxylation is 2. The van der Waals surface area contributed by atoms with Crippen molar-refractivity contribution in [3.63, 3.8) is 0 Å². The minimum atomic E-state index is -0.539. The van der Waals surface area contributed by atoms with Gasteiger partial charge in [0.2, 0.25) is 0 Å². The van der Waals surface area contributed by atoms with E-state index in [1.165, 1.54) is 6.07 Å². The summed E-state index contributed by atoms with van der Waals surface area (Å²) >= 11 is 0. The second-order valence-electron chi connectivity index (χ2n) is 6.25. The van der Waals surface area contributed by atoms with Gasteiger partial charge in [-0.2, -0.15) is 0 Å². The Morgan fingerprint density at radius 2 is 1.72 bits per heavy atom. The molecule has 0 atom stereocenters. The molecular weight excluding hydrogens is 374 g/mol. The number of rotatable bonds is 7. The Morgan fingerprint density at radius 3 is 2.38 bits per heavy atom. The lowest BCUT2D eigenvalue weighted by molar-refractivity contribution is 0.0524. The second kappa shape index (κ2) is 9.05. The van der Waals surface area contributed by atoms with E-state index in [4.69, 9.17) is 18.7 Å². The average Bonchev–Trinajstić information content (AvgIpc) is 3.04. The van der Waals surface area contributed by atoms with Gasteiger partial charge < -0.3 is 18.7 Å². The summed E-state index contributed by atoms with van der Waals surface area (Å²) in [6.07, 6.45) is 0. The molecule has 0 N–H and O–H groups in total. The van der Waals surface area contributed by atoms with Crippen molar-refractivity contribution in [1.29, 1.82) is 0 Å². The molecule has 150 valence electrons. The average molecular weight is 395 g/mol. The smallest absolute Gasteiger partial charge is 0.343 e. The Hall–Kier alpha value is -3.61. The number of hydrogen-bond donors (Lipinski definition) is 0. The van der Waals surface area contributed by atoms with Gasteiger partial charge in [0.05, 0.1) is 29.0 Å². The molecule has 0 spiro atoms. The normalized spacial score (nSPS) is 10.4. The Balaban J connectivity index is 1.62. The summed E-state index contributed by atoms with van der Waals surface area (Å²) in [6, 6.07) is 12.9. The first kappa shape index (κ1) is 20.1. The molecule has 0 saturated carbocycles. The van der Waals surface area contributed by atoms with E-state index in [2.05, 4.69) is 5.16 Å². The topological polar surface area (TPSA) is 87.9 Å². The Bertz CT molecular complexity index is 987. The molecule has 0 aliphatic rings. The molecule has 3 aromatic rings. The molecule has 0 radical (unpaired) electrons. The van der Waals surface area contributed by atoms with Crippen LogP contribution >= 0.6 is 0 Å². The van der Waals surface area contributed by atoms with Crippen molar-refractivity contribution in [2.75, 3.05) is 6.61 Å². The van der Waals surface area contributed by atoms with E-state index in [0.29, 0.717) is 29.2 Å². The number of carbonyl (C=O) groups excluding carboxylic acids is 2. The quantitative estimate of drug-likeness (QED) is 0.436. The number of hydrogen-bond acceptors (Lipinski definition) is 7. The maximum Gasteiger partial charge on any atom is 0.343 e. The highest BCUT2D eigenvalue weighted by Crippen LogP contribution is 2.20. The minimum absolute atomic E-state index is 0.263. The Morgan fingerprint density at radius 1 is 0.966 bits per heavy atom. The van der Waals surface area contributed by atoms with E-state index in [-0.39, 0.29) is 12.4 Å². The maximum atomic E-state index is 12.4. The van der Waals surface area contributed by atoms with Gasteiger partial charge in [-0.3, -0.25) is 0 Å². The van der Waals surface area contributed by atoms with Gasteiger partial charge in [0.25, 0.3) is 0 Å². The lowest BCUT2D eigenvalue weighted by Crippen LogP contribution is -2.10. The van der Waals surface area contributed by atoms with Gasteiger partial charge >= 0.3 is 11.9 Å². The fourth-order valence-electron chi connectivity index (χ4n) is 2.62. The molecule has 0 aliphatic carbocycles. The van der Waals surface area contributed by atoms with Crippen molar-refractivity contribution in [1.82, 2.24) is 5.16 Å². The summed E-state index contributed by atoms with van der Waals surface area (Å²) in [5.74, 6) is 0.575. The monoisotopic (exact) mass is 395 g/mol. The molecule has 2 aromatic carbocycles. The summed E-state index contributed by atoms with van der Waals surface area (Å²) in [5.41, 5.74) is 2.36. The lowest BCUT2D eigenvalue weighted by Gasteiger charge is -2.08. The summed E-state index contributed by atoms with van der Waals surface area (Å²) in [6.45, 7) is 6.00. The van der Waals surface area contributed by atoms with Gasteiger partial charge in [-0.05, 0) is 63.2 Å². The highest BCUT2D eigenvalue weighted by molar-refractivity contribution is 5.92. The number of ether oxygens (including phenoxy) is 3. The van der Waals surface area contributed by atoms with Crippen LogP contribution in [0.2, 0.25) is 0 Å². The fraction of sp³-hybridized carbons (Fsp3) is 0.227. The third-order valence-corrected chi connectivity index (χ3v) is 4.21. The van der Waals surface area contributed by atoms with E-state index in [0.717, 1.165) is 11.3 Å². The van der Waals surface area contributed by atoms with Gasteiger partial charge in [0.15, 0.2) is 0 Å². The predicted molar refractivity (Wildman–Crippen MR) is 104 cm³/mol. The van der Waals surface area contributed by atoms with Crippen LogP contribution in [0, 0.1) is 13.8 Å². The number of esters is 2. The summed E-state index contributed by atoms with van der Waals surface area (Å²) in [7, 11) is 0. The first-order valence-electron chi connectivity index (χ1n) is 9.12. The second-order valence-corrected chi connectivity index (χ2v) is 6.25. The largest absolute Gasteiger partial charge is 0.489 e. The van der Waals surface area contributed by atoms with Gasteiger partial charge in [-0.1, -0.05) is 11.2 Å². The Kier molecular flexibility index (Phi) is 6.29. The third kappa shape index (κ3) is 5.01. The zero-order valence-corrected chi connectivity index (χ0v) is 16.4. The molecule has 1 aromatic heterocycles. The third-order valence-electron chi connectivity index (χ3n) is 4.21. The first-order valence-corrected chi connectivity index (χ1v) is 9.12. The minimum Gasteiger partial charge on any atom is -0.489 e. The first-order chi connectivity index (χ1) is 14.0. The standard InChI is InChI=1S/C22H21NO6/c1-4-26-21(24)17-6-5-7-19(12-17)28-22(25)16-8-10-18(11-9-16)27-13-20-14(2)23-29-15(20)3/h5-12H,4,13H2,1-3H3. The van der Waals surface area contributed by atoms with Crippen LogP contribution in [0.4, 0.5) is 0 Å². The van der Waals surface area contributed by atoms with E-state index >= 15 is 0 Å².